The topological polar surface area (TPSA) is 17.3 Å². The molecule has 0 saturated carbocycles. The lowest BCUT2D eigenvalue weighted by Gasteiger charge is -2.19. The van der Waals surface area contributed by atoms with Gasteiger partial charge in [-0.15, -0.1) is 0 Å². The van der Waals surface area contributed by atoms with Crippen LogP contribution in [-0.2, 0) is 0 Å². The monoisotopic (exact) mass is 570 g/mol. The van der Waals surface area contributed by atoms with Crippen LogP contribution in [0.3, 0.4) is 0 Å². The standard InChI is InChI=1S/C43H26N2/c1-2-13-27(14-3-1)41-30-17-5-7-19-32(30)42(33-20-8-6-18-31(33)41)34-22-12-15-28-25-37-29-16-4-9-21-35(29)43-44-38-23-10-11-24-39(38)45(43)40(37)26-36(28)34/h1-26H. The minimum atomic E-state index is 0.999. The van der Waals surface area contributed by atoms with Gasteiger partial charge in [0.15, 0.2) is 0 Å². The van der Waals surface area contributed by atoms with Crippen LogP contribution >= 0.6 is 0 Å². The maximum atomic E-state index is 5.14. The molecule has 0 aliphatic rings. The van der Waals surface area contributed by atoms with Gasteiger partial charge < -0.3 is 0 Å². The Morgan fingerprint density at radius 2 is 0.978 bits per heavy atom. The Balaban J connectivity index is 1.40. The highest BCUT2D eigenvalue weighted by molar-refractivity contribution is 6.25. The van der Waals surface area contributed by atoms with E-state index in [2.05, 4.69) is 162 Å². The normalized spacial score (nSPS) is 12.0. The van der Waals surface area contributed by atoms with Crippen molar-refractivity contribution in [1.29, 1.82) is 0 Å². The molecule has 0 aliphatic heterocycles. The van der Waals surface area contributed by atoms with Gasteiger partial charge in [-0.1, -0.05) is 133 Å². The van der Waals surface area contributed by atoms with Gasteiger partial charge in [-0.2, -0.15) is 0 Å². The molecule has 0 unspecified atom stereocenters. The Kier molecular flexibility index (Phi) is 5.03. The van der Waals surface area contributed by atoms with Crippen molar-refractivity contribution >= 4 is 70.7 Å². The van der Waals surface area contributed by atoms with Crippen LogP contribution in [0.15, 0.2) is 158 Å². The number of pyridine rings is 1. The molecule has 0 saturated heterocycles. The van der Waals surface area contributed by atoms with E-state index in [1.807, 2.05) is 0 Å². The van der Waals surface area contributed by atoms with E-state index in [0.29, 0.717) is 0 Å². The third-order valence-corrected chi connectivity index (χ3v) is 9.52. The van der Waals surface area contributed by atoms with Gasteiger partial charge in [-0.3, -0.25) is 4.40 Å². The van der Waals surface area contributed by atoms with Crippen LogP contribution < -0.4 is 0 Å². The lowest BCUT2D eigenvalue weighted by Crippen LogP contribution is -1.94. The molecule has 8 aromatic carbocycles. The van der Waals surface area contributed by atoms with Crippen molar-refractivity contribution in [3.05, 3.63) is 158 Å². The molecular formula is C43H26N2. The van der Waals surface area contributed by atoms with Gasteiger partial charge in [-0.25, -0.2) is 4.98 Å². The zero-order valence-corrected chi connectivity index (χ0v) is 24.4. The summed E-state index contributed by atoms with van der Waals surface area (Å²) in [7, 11) is 0. The fraction of sp³-hybridized carbons (Fsp3) is 0. The molecule has 10 rings (SSSR count). The number of nitrogens with zero attached hydrogens (tertiary/aromatic N) is 2. The van der Waals surface area contributed by atoms with E-state index in [1.165, 1.54) is 76.2 Å². The van der Waals surface area contributed by atoms with E-state index in [9.17, 15) is 0 Å². The average Bonchev–Trinajstić information content (AvgIpc) is 3.50. The Morgan fingerprint density at radius 1 is 0.378 bits per heavy atom. The van der Waals surface area contributed by atoms with Crippen molar-refractivity contribution in [2.75, 3.05) is 0 Å². The van der Waals surface area contributed by atoms with Crippen LogP contribution in [0.2, 0.25) is 0 Å². The molecule has 0 spiro atoms. The number of hydrogen-bond donors (Lipinski definition) is 0. The molecular weight excluding hydrogens is 544 g/mol. The van der Waals surface area contributed by atoms with Crippen molar-refractivity contribution < 1.29 is 0 Å². The first-order chi connectivity index (χ1) is 22.3. The molecule has 2 nitrogen and oxygen atoms in total. The third kappa shape index (κ3) is 3.42. The summed E-state index contributed by atoms with van der Waals surface area (Å²) in [5.41, 5.74) is 9.35. The molecule has 45 heavy (non-hydrogen) atoms. The van der Waals surface area contributed by atoms with Gasteiger partial charge >= 0.3 is 0 Å². The van der Waals surface area contributed by atoms with Crippen LogP contribution in [0, 0.1) is 0 Å². The Hall–Kier alpha value is -5.99. The molecule has 0 N–H and O–H groups in total. The summed E-state index contributed by atoms with van der Waals surface area (Å²) in [5.74, 6) is 0. The second kappa shape index (κ2) is 9.25. The number of rotatable bonds is 2. The van der Waals surface area contributed by atoms with E-state index in [-0.39, 0.29) is 0 Å². The molecule has 2 aromatic heterocycles. The van der Waals surface area contributed by atoms with E-state index < -0.39 is 0 Å². The predicted molar refractivity (Wildman–Crippen MR) is 191 cm³/mol. The van der Waals surface area contributed by atoms with Crippen molar-refractivity contribution in [3.8, 4) is 22.3 Å². The maximum absolute atomic E-state index is 5.14. The van der Waals surface area contributed by atoms with Crippen molar-refractivity contribution in [2.24, 2.45) is 0 Å². The quantitative estimate of drug-likeness (QED) is 0.149. The van der Waals surface area contributed by atoms with Crippen molar-refractivity contribution in [2.45, 2.75) is 0 Å². The predicted octanol–water partition coefficient (Wildman–Crippen LogP) is 11.6. The van der Waals surface area contributed by atoms with Gasteiger partial charge in [0.2, 0.25) is 0 Å². The largest absolute Gasteiger partial charge is 0.292 e. The Bertz CT molecular complexity index is 2750. The summed E-state index contributed by atoms with van der Waals surface area (Å²) < 4.78 is 2.36. The van der Waals surface area contributed by atoms with E-state index in [0.717, 1.165) is 16.7 Å². The van der Waals surface area contributed by atoms with E-state index >= 15 is 0 Å². The molecule has 208 valence electrons. The summed E-state index contributed by atoms with van der Waals surface area (Å²) in [6.07, 6.45) is 0. The zero-order valence-electron chi connectivity index (χ0n) is 24.4. The van der Waals surface area contributed by atoms with Crippen molar-refractivity contribution in [1.82, 2.24) is 9.38 Å². The zero-order chi connectivity index (χ0) is 29.5. The van der Waals surface area contributed by atoms with Gasteiger partial charge in [-0.05, 0) is 84.2 Å². The fourth-order valence-electron chi connectivity index (χ4n) is 7.63. The van der Waals surface area contributed by atoms with Crippen LogP contribution in [0.1, 0.15) is 0 Å². The number of fused-ring (bicyclic) bond motifs is 11. The summed E-state index contributed by atoms with van der Waals surface area (Å²) in [4.78, 5) is 5.14. The first-order valence-electron chi connectivity index (χ1n) is 15.5. The van der Waals surface area contributed by atoms with Gasteiger partial charge in [0.1, 0.15) is 5.65 Å². The van der Waals surface area contributed by atoms with Crippen LogP contribution in [-0.4, -0.2) is 9.38 Å². The number of imidazole rings is 1. The first kappa shape index (κ1) is 24.5. The molecule has 0 radical (unpaired) electrons. The second-order valence-electron chi connectivity index (χ2n) is 11.9. The SMILES string of the molecule is c1ccc(-c2c3ccccc3c(-c3cccc4cc5c6ccccc6c6nc7ccccc7n6c5cc34)c3ccccc23)cc1. The lowest BCUT2D eigenvalue weighted by atomic mass is 9.84. The molecule has 10 aromatic rings. The van der Waals surface area contributed by atoms with Crippen LogP contribution in [0.5, 0.6) is 0 Å². The Morgan fingerprint density at radius 3 is 1.71 bits per heavy atom. The highest BCUT2D eigenvalue weighted by Gasteiger charge is 2.19. The number of benzene rings is 8. The van der Waals surface area contributed by atoms with Crippen LogP contribution in [0.25, 0.3) is 92.9 Å². The number of hydrogen-bond acceptors (Lipinski definition) is 1. The molecule has 0 atom stereocenters. The first-order valence-corrected chi connectivity index (χ1v) is 15.5. The van der Waals surface area contributed by atoms with Gasteiger partial charge in [0.05, 0.1) is 16.6 Å². The minimum Gasteiger partial charge on any atom is -0.292 e. The molecule has 0 amide bonds. The van der Waals surface area contributed by atoms with E-state index in [1.54, 1.807) is 0 Å². The summed E-state index contributed by atoms with van der Waals surface area (Å²) in [6, 6.07) is 57.3. The molecule has 2 heteroatoms. The highest BCUT2D eigenvalue weighted by atomic mass is 15.0. The van der Waals surface area contributed by atoms with Crippen molar-refractivity contribution in [3.63, 3.8) is 0 Å². The van der Waals surface area contributed by atoms with E-state index in [4.69, 9.17) is 4.98 Å². The maximum Gasteiger partial charge on any atom is 0.146 e. The second-order valence-corrected chi connectivity index (χ2v) is 11.9. The van der Waals surface area contributed by atoms with Crippen LogP contribution in [0.4, 0.5) is 0 Å². The highest BCUT2D eigenvalue weighted by Crippen LogP contribution is 2.46. The fourth-order valence-corrected chi connectivity index (χ4v) is 7.63. The third-order valence-electron chi connectivity index (χ3n) is 9.52. The molecule has 2 heterocycles. The molecule has 0 bridgehead atoms. The number of para-hydroxylation sites is 2. The number of aromatic nitrogens is 2. The van der Waals surface area contributed by atoms with Gasteiger partial charge in [0, 0.05) is 10.8 Å². The molecule has 0 aliphatic carbocycles. The smallest absolute Gasteiger partial charge is 0.146 e. The lowest BCUT2D eigenvalue weighted by molar-refractivity contribution is 1.32. The summed E-state index contributed by atoms with van der Waals surface area (Å²) >= 11 is 0. The average molecular weight is 571 g/mol. The van der Waals surface area contributed by atoms with Gasteiger partial charge in [0.25, 0.3) is 0 Å². The summed E-state index contributed by atoms with van der Waals surface area (Å²) in [5, 5.41) is 11.2. The summed E-state index contributed by atoms with van der Waals surface area (Å²) in [6.45, 7) is 0. The molecule has 0 fully saturated rings. The minimum absolute atomic E-state index is 0.999. The Labute approximate surface area is 259 Å².